The number of pyridine rings is 1. The summed E-state index contributed by atoms with van der Waals surface area (Å²) >= 11 is 4.73. The molecule has 0 fully saturated rings. The standard InChI is InChI=1S/C12H14BrN3O2S2/c1-2-8-3-4-19-10(8)7-16-20(17,18)11-5-9(13)6-15-12(11)14/h3-6,16H,2,7H2,1H3,(H2,14,15). The van der Waals surface area contributed by atoms with Gasteiger partial charge in [0, 0.05) is 22.1 Å². The zero-order valence-corrected chi connectivity index (χ0v) is 14.0. The number of nitrogens with zero attached hydrogens (tertiary/aromatic N) is 1. The predicted octanol–water partition coefficient (Wildman–Crippen LogP) is 2.53. The minimum atomic E-state index is -3.68. The first-order chi connectivity index (χ1) is 9.44. The first-order valence-corrected chi connectivity index (χ1v) is 9.05. The molecule has 20 heavy (non-hydrogen) atoms. The van der Waals surface area contributed by atoms with E-state index in [1.165, 1.54) is 23.6 Å². The highest BCUT2D eigenvalue weighted by Gasteiger charge is 2.19. The number of sulfonamides is 1. The summed E-state index contributed by atoms with van der Waals surface area (Å²) in [7, 11) is -3.68. The maximum absolute atomic E-state index is 12.3. The van der Waals surface area contributed by atoms with Crippen LogP contribution in [0.15, 0.2) is 33.1 Å². The van der Waals surface area contributed by atoms with Gasteiger partial charge in [-0.05, 0) is 45.4 Å². The molecule has 2 aromatic heterocycles. The van der Waals surface area contributed by atoms with Crippen molar-refractivity contribution in [3.63, 3.8) is 0 Å². The molecule has 0 radical (unpaired) electrons. The van der Waals surface area contributed by atoms with Crippen molar-refractivity contribution < 1.29 is 8.42 Å². The Morgan fingerprint density at radius 2 is 2.25 bits per heavy atom. The van der Waals surface area contributed by atoms with Gasteiger partial charge in [-0.2, -0.15) is 0 Å². The molecule has 2 rings (SSSR count). The van der Waals surface area contributed by atoms with E-state index in [1.54, 1.807) is 0 Å². The highest BCUT2D eigenvalue weighted by atomic mass is 79.9. The molecule has 2 aromatic rings. The fraction of sp³-hybridized carbons (Fsp3) is 0.250. The molecule has 0 spiro atoms. The van der Waals surface area contributed by atoms with Crippen molar-refractivity contribution >= 4 is 43.1 Å². The largest absolute Gasteiger partial charge is 0.383 e. The van der Waals surface area contributed by atoms with Crippen LogP contribution in [0.2, 0.25) is 0 Å². The Bertz CT molecular complexity index is 713. The number of nitrogen functional groups attached to an aromatic ring is 1. The minimum absolute atomic E-state index is 0.0115. The van der Waals surface area contributed by atoms with Crippen molar-refractivity contribution in [2.75, 3.05) is 5.73 Å². The monoisotopic (exact) mass is 375 g/mol. The van der Waals surface area contributed by atoms with Gasteiger partial charge in [0.25, 0.3) is 0 Å². The quantitative estimate of drug-likeness (QED) is 0.840. The third-order valence-electron chi connectivity index (χ3n) is 2.78. The van der Waals surface area contributed by atoms with Gasteiger partial charge in [-0.1, -0.05) is 6.92 Å². The number of aryl methyl sites for hydroxylation is 1. The van der Waals surface area contributed by atoms with Crippen LogP contribution in [0.25, 0.3) is 0 Å². The Kier molecular flexibility index (Phi) is 4.79. The molecule has 0 aliphatic heterocycles. The summed E-state index contributed by atoms with van der Waals surface area (Å²) in [4.78, 5) is 4.84. The van der Waals surface area contributed by atoms with Crippen LogP contribution >= 0.6 is 27.3 Å². The maximum atomic E-state index is 12.3. The van der Waals surface area contributed by atoms with Crippen LogP contribution in [-0.4, -0.2) is 13.4 Å². The van der Waals surface area contributed by atoms with Gasteiger partial charge in [-0.25, -0.2) is 18.1 Å². The summed E-state index contributed by atoms with van der Waals surface area (Å²) in [6.45, 7) is 2.30. The van der Waals surface area contributed by atoms with E-state index < -0.39 is 10.0 Å². The number of rotatable bonds is 5. The summed E-state index contributed by atoms with van der Waals surface area (Å²) < 4.78 is 27.6. The molecule has 0 aromatic carbocycles. The van der Waals surface area contributed by atoms with E-state index in [2.05, 4.69) is 25.6 Å². The molecule has 0 saturated heterocycles. The number of nitrogens with two attached hydrogens (primary N) is 1. The first-order valence-electron chi connectivity index (χ1n) is 5.90. The second-order valence-electron chi connectivity index (χ2n) is 4.08. The van der Waals surface area contributed by atoms with Crippen molar-refractivity contribution in [2.24, 2.45) is 0 Å². The molecular weight excluding hydrogens is 362 g/mol. The Balaban J connectivity index is 2.21. The van der Waals surface area contributed by atoms with Crippen molar-refractivity contribution in [2.45, 2.75) is 24.8 Å². The molecule has 0 aliphatic carbocycles. The third-order valence-corrected chi connectivity index (χ3v) is 5.61. The molecule has 0 saturated carbocycles. The van der Waals surface area contributed by atoms with Gasteiger partial charge in [-0.3, -0.25) is 0 Å². The second kappa shape index (κ2) is 6.21. The maximum Gasteiger partial charge on any atom is 0.244 e. The highest BCUT2D eigenvalue weighted by Crippen LogP contribution is 2.22. The van der Waals surface area contributed by atoms with Gasteiger partial charge >= 0.3 is 0 Å². The van der Waals surface area contributed by atoms with Crippen LogP contribution in [0.4, 0.5) is 5.82 Å². The van der Waals surface area contributed by atoms with Crippen molar-refractivity contribution in [1.82, 2.24) is 9.71 Å². The van der Waals surface area contributed by atoms with Crippen LogP contribution in [0.5, 0.6) is 0 Å². The van der Waals surface area contributed by atoms with E-state index in [0.717, 1.165) is 16.9 Å². The smallest absolute Gasteiger partial charge is 0.244 e. The average Bonchev–Trinajstić information content (AvgIpc) is 2.86. The van der Waals surface area contributed by atoms with Crippen LogP contribution in [-0.2, 0) is 23.0 Å². The Labute approximate surface area is 130 Å². The summed E-state index contributed by atoms with van der Waals surface area (Å²) in [5.74, 6) is -0.0115. The lowest BCUT2D eigenvalue weighted by Gasteiger charge is -2.09. The fourth-order valence-electron chi connectivity index (χ4n) is 1.72. The number of halogens is 1. The normalized spacial score (nSPS) is 11.7. The molecule has 0 aliphatic rings. The Morgan fingerprint density at radius 1 is 1.50 bits per heavy atom. The predicted molar refractivity (Wildman–Crippen MR) is 84.1 cm³/mol. The van der Waals surface area contributed by atoms with Crippen LogP contribution < -0.4 is 10.5 Å². The third kappa shape index (κ3) is 3.38. The van der Waals surface area contributed by atoms with Gasteiger partial charge in [-0.15, -0.1) is 11.3 Å². The Morgan fingerprint density at radius 3 is 2.95 bits per heavy atom. The number of nitrogens with one attached hydrogen (secondary N) is 1. The molecule has 108 valence electrons. The molecule has 5 nitrogen and oxygen atoms in total. The molecular formula is C12H14BrN3O2S2. The summed E-state index contributed by atoms with van der Waals surface area (Å²) in [5, 5.41) is 1.96. The van der Waals surface area contributed by atoms with Crippen LogP contribution in [0.3, 0.4) is 0 Å². The summed E-state index contributed by atoms with van der Waals surface area (Å²) in [6, 6.07) is 3.45. The number of hydrogen-bond donors (Lipinski definition) is 2. The zero-order valence-electron chi connectivity index (χ0n) is 10.8. The first kappa shape index (κ1) is 15.4. The van der Waals surface area contributed by atoms with E-state index in [-0.39, 0.29) is 17.3 Å². The van der Waals surface area contributed by atoms with Crippen molar-refractivity contribution in [1.29, 1.82) is 0 Å². The van der Waals surface area contributed by atoms with Crippen molar-refractivity contribution in [3.05, 3.63) is 38.6 Å². The lowest BCUT2D eigenvalue weighted by Crippen LogP contribution is -2.24. The van der Waals surface area contributed by atoms with Gasteiger partial charge in [0.05, 0.1) is 0 Å². The number of hydrogen-bond acceptors (Lipinski definition) is 5. The van der Waals surface area contributed by atoms with E-state index in [0.29, 0.717) is 4.47 Å². The Hall–Kier alpha value is -0.960. The number of anilines is 1. The molecule has 0 atom stereocenters. The molecule has 0 unspecified atom stereocenters. The highest BCUT2D eigenvalue weighted by molar-refractivity contribution is 9.10. The SMILES string of the molecule is CCc1ccsc1CNS(=O)(=O)c1cc(Br)cnc1N. The molecule has 0 bridgehead atoms. The lowest BCUT2D eigenvalue weighted by molar-refractivity contribution is 0.581. The lowest BCUT2D eigenvalue weighted by atomic mass is 10.2. The number of thiophene rings is 1. The van der Waals surface area contributed by atoms with Gasteiger partial charge in [0.15, 0.2) is 0 Å². The fourth-order valence-corrected chi connectivity index (χ4v) is 4.31. The molecule has 0 amide bonds. The van der Waals surface area contributed by atoms with Crippen LogP contribution in [0, 0.1) is 0 Å². The number of aromatic nitrogens is 1. The van der Waals surface area contributed by atoms with Crippen LogP contribution in [0.1, 0.15) is 17.4 Å². The van der Waals surface area contributed by atoms with E-state index in [9.17, 15) is 8.42 Å². The summed E-state index contributed by atoms with van der Waals surface area (Å²) in [5.41, 5.74) is 6.78. The van der Waals surface area contributed by atoms with Gasteiger partial charge < -0.3 is 5.73 Å². The zero-order chi connectivity index (χ0) is 14.8. The molecule has 8 heteroatoms. The molecule has 2 heterocycles. The second-order valence-corrected chi connectivity index (χ2v) is 7.74. The minimum Gasteiger partial charge on any atom is -0.383 e. The van der Waals surface area contributed by atoms with E-state index >= 15 is 0 Å². The van der Waals surface area contributed by atoms with Gasteiger partial charge in [0.1, 0.15) is 10.7 Å². The van der Waals surface area contributed by atoms with Crippen molar-refractivity contribution in [3.8, 4) is 0 Å². The van der Waals surface area contributed by atoms with E-state index in [1.807, 2.05) is 18.4 Å². The van der Waals surface area contributed by atoms with Gasteiger partial charge in [0.2, 0.25) is 10.0 Å². The summed E-state index contributed by atoms with van der Waals surface area (Å²) in [6.07, 6.45) is 2.34. The average molecular weight is 376 g/mol. The van der Waals surface area contributed by atoms with E-state index in [4.69, 9.17) is 5.73 Å². The topological polar surface area (TPSA) is 85.1 Å². The molecule has 3 N–H and O–H groups in total.